The average molecular weight is 602 g/mol. The Bertz CT molecular complexity index is 1470. The van der Waals surface area contributed by atoms with Gasteiger partial charge in [-0.3, -0.25) is 14.4 Å². The quantitative estimate of drug-likeness (QED) is 0.388. The van der Waals surface area contributed by atoms with Crippen molar-refractivity contribution in [2.45, 2.75) is 92.0 Å². The van der Waals surface area contributed by atoms with Crippen molar-refractivity contribution >= 4 is 17.6 Å². The van der Waals surface area contributed by atoms with Gasteiger partial charge in [0.15, 0.2) is 5.76 Å². The highest BCUT2D eigenvalue weighted by atomic mass is 16.3. The number of fused-ring (bicyclic) bond motifs is 8. The maximum absolute atomic E-state index is 13.5. The molecule has 7 heteroatoms. The molecule has 44 heavy (non-hydrogen) atoms. The van der Waals surface area contributed by atoms with E-state index in [0.29, 0.717) is 36.4 Å². The summed E-state index contributed by atoms with van der Waals surface area (Å²) in [5, 5.41) is 13.7. The van der Waals surface area contributed by atoms with Gasteiger partial charge in [-0.15, -0.1) is 0 Å². The summed E-state index contributed by atoms with van der Waals surface area (Å²) in [6.45, 7) is 17.1. The van der Waals surface area contributed by atoms with Crippen LogP contribution in [0.25, 0.3) is 0 Å². The van der Waals surface area contributed by atoms with Gasteiger partial charge < -0.3 is 20.2 Å². The van der Waals surface area contributed by atoms with E-state index in [2.05, 4.69) is 64.0 Å². The van der Waals surface area contributed by atoms with Gasteiger partial charge in [0.1, 0.15) is 0 Å². The van der Waals surface area contributed by atoms with Crippen LogP contribution in [-0.4, -0.2) is 71.3 Å². The lowest BCUT2D eigenvalue weighted by Crippen LogP contribution is -2.65. The van der Waals surface area contributed by atoms with E-state index in [-0.39, 0.29) is 39.1 Å². The molecule has 7 aliphatic rings. The Balaban J connectivity index is 1.15. The Morgan fingerprint density at radius 3 is 2.25 bits per heavy atom. The molecule has 238 valence electrons. The fraction of sp³-hybridized carbons (Fsp3) is 0.703. The third kappa shape index (κ3) is 3.99. The zero-order valence-corrected chi connectivity index (χ0v) is 27.8. The number of likely N-dealkylation sites (tertiary alicyclic amines) is 2. The minimum Gasteiger partial charge on any atom is -0.504 e. The van der Waals surface area contributed by atoms with Crippen LogP contribution in [0.4, 0.5) is 0 Å². The van der Waals surface area contributed by atoms with Gasteiger partial charge in [0, 0.05) is 42.7 Å². The zero-order chi connectivity index (χ0) is 31.6. The van der Waals surface area contributed by atoms with E-state index in [0.717, 1.165) is 69.2 Å². The molecule has 0 radical (unpaired) electrons. The number of carbonyl (C=O) groups is 3. The molecular weight excluding hydrogens is 550 g/mol. The smallest absolute Gasteiger partial charge is 0.311 e. The van der Waals surface area contributed by atoms with Crippen LogP contribution in [0, 0.1) is 39.4 Å². The molecule has 3 saturated carbocycles. The van der Waals surface area contributed by atoms with Gasteiger partial charge in [-0.1, -0.05) is 45.4 Å². The standard InChI is InChI=1S/C37H51N3O4/c1-22-25-8-9-28-35(4,26(25)16-27(41)30(22)42)13-15-37(6)29-17-34(3,12-10-33(29,2)11-14-36(28,37)5)38-31(43)32(44)40-20-23-18-39(7)19-24(23)21-40/h8-9,16,23-24,29,42H,10-15,17-21H2,1-7H3,(H,38,43)/t23-,24?,29?,33?,34?,35?,36?,37-/m0/s1. The van der Waals surface area contributed by atoms with Crippen molar-refractivity contribution in [3.05, 3.63) is 46.3 Å². The van der Waals surface area contributed by atoms with Gasteiger partial charge in [0.2, 0.25) is 5.78 Å². The van der Waals surface area contributed by atoms with Crippen LogP contribution in [0.15, 0.2) is 46.3 Å². The molecule has 2 N–H and O–H groups in total. The molecule has 2 aliphatic heterocycles. The first-order valence-electron chi connectivity index (χ1n) is 16.9. The van der Waals surface area contributed by atoms with Gasteiger partial charge in [-0.05, 0) is 117 Å². The third-order valence-electron chi connectivity index (χ3n) is 14.4. The van der Waals surface area contributed by atoms with E-state index < -0.39 is 11.4 Å². The number of allylic oxidation sites excluding steroid dienone is 7. The summed E-state index contributed by atoms with van der Waals surface area (Å²) in [6.07, 6.45) is 13.1. The molecule has 5 fully saturated rings. The Kier molecular flexibility index (Phi) is 6.43. The summed E-state index contributed by atoms with van der Waals surface area (Å²) < 4.78 is 0. The fourth-order valence-electron chi connectivity index (χ4n) is 11.4. The number of rotatable bonds is 1. The molecule has 2 heterocycles. The van der Waals surface area contributed by atoms with Gasteiger partial charge in [-0.25, -0.2) is 0 Å². The van der Waals surface area contributed by atoms with Crippen LogP contribution < -0.4 is 5.32 Å². The second-order valence-electron chi connectivity index (χ2n) is 17.0. The van der Waals surface area contributed by atoms with E-state index in [9.17, 15) is 19.5 Å². The van der Waals surface area contributed by atoms with E-state index in [1.54, 1.807) is 11.0 Å². The minimum absolute atomic E-state index is 0.00220. The topological polar surface area (TPSA) is 89.9 Å². The van der Waals surface area contributed by atoms with Crippen molar-refractivity contribution in [1.29, 1.82) is 0 Å². The Labute approximate surface area is 262 Å². The van der Waals surface area contributed by atoms with Crippen molar-refractivity contribution in [2.24, 2.45) is 39.4 Å². The average Bonchev–Trinajstić information content (AvgIpc) is 3.52. The first-order chi connectivity index (χ1) is 20.5. The molecule has 7 nitrogen and oxygen atoms in total. The summed E-state index contributed by atoms with van der Waals surface area (Å²) in [4.78, 5) is 43.8. The highest BCUT2D eigenvalue weighted by molar-refractivity contribution is 6.35. The number of hydrogen-bond donors (Lipinski definition) is 2. The van der Waals surface area contributed by atoms with Crippen molar-refractivity contribution in [2.75, 3.05) is 33.2 Å². The molecule has 6 unspecified atom stereocenters. The second-order valence-corrected chi connectivity index (χ2v) is 17.0. The zero-order valence-electron chi connectivity index (χ0n) is 27.8. The minimum atomic E-state index is -0.433. The number of aliphatic hydroxyl groups is 1. The van der Waals surface area contributed by atoms with Crippen molar-refractivity contribution in [3.8, 4) is 0 Å². The molecule has 0 aromatic rings. The summed E-state index contributed by atoms with van der Waals surface area (Å²) >= 11 is 0. The van der Waals surface area contributed by atoms with Crippen LogP contribution >= 0.6 is 0 Å². The molecule has 0 bridgehead atoms. The molecule has 2 amide bonds. The van der Waals surface area contributed by atoms with E-state index in [1.807, 2.05) is 6.92 Å². The molecule has 8 atom stereocenters. The SMILES string of the molecule is CC1=C(O)C(=O)C=C2C1=CC=C1C2(C)CC[C@@]2(C)C3CC(C)(NC(=O)C(=O)N4CC5CN(C)C[C@H]5C4)CCC3(C)CCC12C. The predicted octanol–water partition coefficient (Wildman–Crippen LogP) is 5.50. The summed E-state index contributed by atoms with van der Waals surface area (Å²) in [6, 6.07) is 0. The largest absolute Gasteiger partial charge is 0.504 e. The third-order valence-corrected chi connectivity index (χ3v) is 14.4. The summed E-state index contributed by atoms with van der Waals surface area (Å²) in [7, 11) is 2.13. The van der Waals surface area contributed by atoms with Crippen LogP contribution in [-0.2, 0) is 14.4 Å². The molecule has 0 aromatic heterocycles. The maximum Gasteiger partial charge on any atom is 0.311 e. The van der Waals surface area contributed by atoms with E-state index in [4.69, 9.17) is 0 Å². The number of nitrogens with zero attached hydrogens (tertiary/aromatic N) is 2. The molecule has 0 spiro atoms. The Morgan fingerprint density at radius 2 is 1.57 bits per heavy atom. The lowest BCUT2D eigenvalue weighted by Gasteiger charge is -2.70. The summed E-state index contributed by atoms with van der Waals surface area (Å²) in [5.41, 5.74) is 3.55. The second kappa shape index (κ2) is 9.43. The fourth-order valence-corrected chi connectivity index (χ4v) is 11.4. The van der Waals surface area contributed by atoms with Gasteiger partial charge in [-0.2, -0.15) is 0 Å². The molecule has 0 aromatic carbocycles. The number of nitrogens with one attached hydrogen (secondary N) is 1. The van der Waals surface area contributed by atoms with Crippen LogP contribution in [0.1, 0.15) is 86.5 Å². The maximum atomic E-state index is 13.5. The lowest BCUT2D eigenvalue weighted by molar-refractivity contribution is -0.159. The number of ketones is 1. The molecular formula is C37H51N3O4. The van der Waals surface area contributed by atoms with E-state index >= 15 is 0 Å². The van der Waals surface area contributed by atoms with Crippen LogP contribution in [0.2, 0.25) is 0 Å². The van der Waals surface area contributed by atoms with Crippen molar-refractivity contribution < 1.29 is 19.5 Å². The van der Waals surface area contributed by atoms with E-state index in [1.165, 1.54) is 5.57 Å². The Hall–Kier alpha value is -2.67. The van der Waals surface area contributed by atoms with Crippen LogP contribution in [0.3, 0.4) is 0 Å². The van der Waals surface area contributed by atoms with Gasteiger partial charge >= 0.3 is 11.8 Å². The van der Waals surface area contributed by atoms with Crippen molar-refractivity contribution in [3.63, 3.8) is 0 Å². The predicted molar refractivity (Wildman–Crippen MR) is 170 cm³/mol. The number of amides is 2. The highest BCUT2D eigenvalue weighted by Crippen LogP contribution is 2.75. The van der Waals surface area contributed by atoms with Crippen molar-refractivity contribution in [1.82, 2.24) is 15.1 Å². The summed E-state index contributed by atoms with van der Waals surface area (Å²) in [5.74, 6) is 0.129. The monoisotopic (exact) mass is 601 g/mol. The molecule has 5 aliphatic carbocycles. The lowest BCUT2D eigenvalue weighted by atomic mass is 9.35. The highest BCUT2D eigenvalue weighted by Gasteiger charge is 2.67. The number of aliphatic hydroxyl groups excluding tert-OH is 1. The molecule has 7 rings (SSSR count). The number of carbonyl (C=O) groups excluding carboxylic acids is 3. The normalized spacial score (nSPS) is 44.9. The van der Waals surface area contributed by atoms with Gasteiger partial charge in [0.05, 0.1) is 0 Å². The van der Waals surface area contributed by atoms with Gasteiger partial charge in [0.25, 0.3) is 0 Å². The molecule has 2 saturated heterocycles. The Morgan fingerprint density at radius 1 is 0.909 bits per heavy atom. The first kappa shape index (κ1) is 30.0. The van der Waals surface area contributed by atoms with Crippen LogP contribution in [0.5, 0.6) is 0 Å². The first-order valence-corrected chi connectivity index (χ1v) is 16.9. The number of hydrogen-bond acceptors (Lipinski definition) is 5.